The van der Waals surface area contributed by atoms with Crippen LogP contribution in [0.1, 0.15) is 61.3 Å². The molecule has 0 N–H and O–H groups in total. The summed E-state index contributed by atoms with van der Waals surface area (Å²) in [6.07, 6.45) is 2.97. The summed E-state index contributed by atoms with van der Waals surface area (Å²) in [4.78, 5) is 33.7. The Labute approximate surface area is 139 Å². The fraction of sp³-hybridized carbons (Fsp3) is 0.765. The number of carbonyl (C=O) groups is 2. The number of hydrogen-bond acceptors (Lipinski definition) is 6. The van der Waals surface area contributed by atoms with Crippen LogP contribution >= 0.6 is 0 Å². The second-order valence-electron chi connectivity index (χ2n) is 6.58. The van der Waals surface area contributed by atoms with Gasteiger partial charge in [-0.1, -0.05) is 6.92 Å². The average molecular weight is 330 g/mol. The Morgan fingerprint density at radius 2 is 1.48 bits per heavy atom. The van der Waals surface area contributed by atoms with Crippen LogP contribution in [0.2, 0.25) is 0 Å². The third kappa shape index (κ3) is 10.9. The van der Waals surface area contributed by atoms with Crippen molar-refractivity contribution in [3.05, 3.63) is 12.2 Å². The van der Waals surface area contributed by atoms with E-state index in [-0.39, 0.29) is 12.2 Å². The van der Waals surface area contributed by atoms with Crippen molar-refractivity contribution < 1.29 is 28.8 Å². The van der Waals surface area contributed by atoms with Crippen molar-refractivity contribution in [3.8, 4) is 0 Å². The lowest BCUT2D eigenvalue weighted by atomic mass is 10.0. The number of ether oxygens (including phenoxy) is 2. The molecular formula is C17H30O6. The molecule has 6 heteroatoms. The molecule has 0 aromatic heterocycles. The third-order valence-electron chi connectivity index (χ3n) is 3.08. The van der Waals surface area contributed by atoms with Gasteiger partial charge in [-0.05, 0) is 48.0 Å². The van der Waals surface area contributed by atoms with Crippen LogP contribution in [-0.2, 0) is 28.8 Å². The minimum absolute atomic E-state index is 0.258. The van der Waals surface area contributed by atoms with Gasteiger partial charge in [0.1, 0.15) is 11.7 Å². The second-order valence-corrected chi connectivity index (χ2v) is 6.58. The fourth-order valence-electron chi connectivity index (χ4n) is 1.62. The summed E-state index contributed by atoms with van der Waals surface area (Å²) < 4.78 is 9.89. The number of hydrogen-bond donors (Lipinski definition) is 0. The summed E-state index contributed by atoms with van der Waals surface area (Å²) >= 11 is 0. The highest BCUT2D eigenvalue weighted by Gasteiger charge is 2.28. The first-order chi connectivity index (χ1) is 10.5. The zero-order valence-corrected chi connectivity index (χ0v) is 15.3. The molecule has 0 aliphatic rings. The van der Waals surface area contributed by atoms with Gasteiger partial charge >= 0.3 is 11.9 Å². The monoisotopic (exact) mass is 330 g/mol. The Morgan fingerprint density at radius 1 is 0.957 bits per heavy atom. The van der Waals surface area contributed by atoms with Crippen molar-refractivity contribution >= 4 is 11.9 Å². The molecule has 6 nitrogen and oxygen atoms in total. The zero-order chi connectivity index (χ0) is 18.1. The van der Waals surface area contributed by atoms with E-state index < -0.39 is 23.6 Å². The first-order valence-corrected chi connectivity index (χ1v) is 7.93. The molecule has 1 unspecified atom stereocenters. The van der Waals surface area contributed by atoms with E-state index in [9.17, 15) is 9.59 Å². The van der Waals surface area contributed by atoms with E-state index in [0.717, 1.165) is 18.6 Å². The summed E-state index contributed by atoms with van der Waals surface area (Å²) in [6.45, 7) is 13.3. The Morgan fingerprint density at radius 3 is 2.00 bits per heavy atom. The van der Waals surface area contributed by atoms with E-state index in [1.165, 1.54) is 0 Å². The van der Waals surface area contributed by atoms with Crippen molar-refractivity contribution in [1.29, 1.82) is 0 Å². The SMILES string of the molecule is CCOC(=O)C=CC(=O)OC(C)CC(C)(C)OOC(C)(C)CC. The highest BCUT2D eigenvalue weighted by atomic mass is 17.2. The molecule has 23 heavy (non-hydrogen) atoms. The first-order valence-electron chi connectivity index (χ1n) is 7.93. The van der Waals surface area contributed by atoms with Gasteiger partial charge in [-0.2, -0.15) is 0 Å². The Hall–Kier alpha value is -1.40. The van der Waals surface area contributed by atoms with Crippen LogP contribution in [0.5, 0.6) is 0 Å². The van der Waals surface area contributed by atoms with Crippen molar-refractivity contribution in [2.75, 3.05) is 6.61 Å². The van der Waals surface area contributed by atoms with Crippen LogP contribution in [0.3, 0.4) is 0 Å². The minimum Gasteiger partial charge on any atom is -0.463 e. The molecule has 0 aliphatic heterocycles. The number of carbonyl (C=O) groups excluding carboxylic acids is 2. The van der Waals surface area contributed by atoms with Crippen LogP contribution in [0.15, 0.2) is 12.2 Å². The van der Waals surface area contributed by atoms with Gasteiger partial charge in [0.25, 0.3) is 0 Å². The van der Waals surface area contributed by atoms with Crippen LogP contribution in [0.4, 0.5) is 0 Å². The molecule has 0 heterocycles. The van der Waals surface area contributed by atoms with Crippen molar-refractivity contribution in [2.45, 2.75) is 78.6 Å². The predicted octanol–water partition coefficient (Wildman–Crippen LogP) is 3.34. The average Bonchev–Trinajstić information content (AvgIpc) is 2.43. The molecule has 0 bridgehead atoms. The molecule has 0 rings (SSSR count). The molecule has 0 aromatic rings. The van der Waals surface area contributed by atoms with Crippen LogP contribution in [0, 0.1) is 0 Å². The quantitative estimate of drug-likeness (QED) is 0.265. The first kappa shape index (κ1) is 21.6. The second kappa shape index (κ2) is 9.67. The normalized spacial score (nSPS) is 13.9. The molecule has 0 aromatic carbocycles. The van der Waals surface area contributed by atoms with Crippen molar-refractivity contribution in [1.82, 2.24) is 0 Å². The number of esters is 2. The molecule has 134 valence electrons. The molecule has 0 saturated heterocycles. The molecule has 0 saturated carbocycles. The van der Waals surface area contributed by atoms with E-state index in [1.807, 2.05) is 34.6 Å². The molecule has 0 fully saturated rings. The van der Waals surface area contributed by atoms with Crippen LogP contribution < -0.4 is 0 Å². The molecule has 0 spiro atoms. The Kier molecular flexibility index (Phi) is 9.09. The fourth-order valence-corrected chi connectivity index (χ4v) is 1.62. The smallest absolute Gasteiger partial charge is 0.331 e. The molecule has 0 radical (unpaired) electrons. The maximum absolute atomic E-state index is 11.6. The van der Waals surface area contributed by atoms with Gasteiger partial charge < -0.3 is 9.47 Å². The zero-order valence-electron chi connectivity index (χ0n) is 15.3. The lowest BCUT2D eigenvalue weighted by Gasteiger charge is -2.31. The van der Waals surface area contributed by atoms with E-state index >= 15 is 0 Å². The maximum Gasteiger partial charge on any atom is 0.331 e. The lowest BCUT2D eigenvalue weighted by Crippen LogP contribution is -2.35. The highest BCUT2D eigenvalue weighted by Crippen LogP contribution is 2.23. The van der Waals surface area contributed by atoms with E-state index in [2.05, 4.69) is 4.74 Å². The van der Waals surface area contributed by atoms with E-state index in [4.69, 9.17) is 14.5 Å². The van der Waals surface area contributed by atoms with E-state index in [1.54, 1.807) is 13.8 Å². The Balaban J connectivity index is 4.33. The molecule has 0 amide bonds. The summed E-state index contributed by atoms with van der Waals surface area (Å²) in [5.74, 6) is -1.17. The lowest BCUT2D eigenvalue weighted by molar-refractivity contribution is -0.403. The highest BCUT2D eigenvalue weighted by molar-refractivity contribution is 5.91. The van der Waals surface area contributed by atoms with Gasteiger partial charge in [0.05, 0.1) is 12.2 Å². The van der Waals surface area contributed by atoms with Gasteiger partial charge in [-0.25, -0.2) is 19.4 Å². The number of rotatable bonds is 10. The van der Waals surface area contributed by atoms with Gasteiger partial charge in [-0.3, -0.25) is 0 Å². The molecular weight excluding hydrogens is 300 g/mol. The van der Waals surface area contributed by atoms with Gasteiger partial charge in [0, 0.05) is 18.6 Å². The van der Waals surface area contributed by atoms with Gasteiger partial charge in [0.2, 0.25) is 0 Å². The predicted molar refractivity (Wildman–Crippen MR) is 86.6 cm³/mol. The molecule has 0 aliphatic carbocycles. The summed E-state index contributed by atoms with van der Waals surface area (Å²) in [7, 11) is 0. The Bertz CT molecular complexity index is 411. The van der Waals surface area contributed by atoms with Crippen LogP contribution in [0.25, 0.3) is 0 Å². The van der Waals surface area contributed by atoms with Gasteiger partial charge in [-0.15, -0.1) is 0 Å². The van der Waals surface area contributed by atoms with Gasteiger partial charge in [0.15, 0.2) is 0 Å². The largest absolute Gasteiger partial charge is 0.463 e. The summed E-state index contributed by atoms with van der Waals surface area (Å²) in [5, 5.41) is 0. The minimum atomic E-state index is -0.614. The summed E-state index contributed by atoms with van der Waals surface area (Å²) in [5.41, 5.74) is -0.990. The van der Waals surface area contributed by atoms with Crippen molar-refractivity contribution in [3.63, 3.8) is 0 Å². The summed E-state index contributed by atoms with van der Waals surface area (Å²) in [6, 6.07) is 0. The topological polar surface area (TPSA) is 71.1 Å². The third-order valence-corrected chi connectivity index (χ3v) is 3.08. The van der Waals surface area contributed by atoms with E-state index in [0.29, 0.717) is 6.42 Å². The standard InChI is InChI=1S/C17H30O6/c1-8-16(4,5)22-23-17(6,7)12-13(3)21-15(19)11-10-14(18)20-9-2/h10-11,13H,8-9,12H2,1-7H3. The van der Waals surface area contributed by atoms with Crippen LogP contribution in [-0.4, -0.2) is 35.9 Å². The molecule has 1 atom stereocenters. The van der Waals surface area contributed by atoms with Crippen molar-refractivity contribution in [2.24, 2.45) is 0 Å². The maximum atomic E-state index is 11.6.